The van der Waals surface area contributed by atoms with Crippen LogP contribution < -0.4 is 11.1 Å². The van der Waals surface area contributed by atoms with E-state index < -0.39 is 0 Å². The van der Waals surface area contributed by atoms with Crippen molar-refractivity contribution in [3.63, 3.8) is 0 Å². The number of nitrogens with one attached hydrogen (secondary N) is 1. The summed E-state index contributed by atoms with van der Waals surface area (Å²) in [4.78, 5) is 22.4. The number of carbonyl (C=O) groups excluding carboxylic acids is 1. The zero-order valence-electron chi connectivity index (χ0n) is 12.2. The van der Waals surface area contributed by atoms with Gasteiger partial charge in [-0.05, 0) is 12.8 Å². The number of nitrogen functional groups attached to an aromatic ring is 1. The van der Waals surface area contributed by atoms with Gasteiger partial charge in [-0.25, -0.2) is 9.97 Å². The van der Waals surface area contributed by atoms with Crippen LogP contribution >= 0.6 is 0 Å². The Bertz CT molecular complexity index is 469. The summed E-state index contributed by atoms with van der Waals surface area (Å²) in [6.45, 7) is 6.42. The van der Waals surface area contributed by atoms with Crippen LogP contribution in [0, 0.1) is 0 Å². The maximum atomic E-state index is 11.9. The van der Waals surface area contributed by atoms with Crippen molar-refractivity contribution in [2.75, 3.05) is 30.7 Å². The molecule has 0 radical (unpaired) electrons. The minimum Gasteiger partial charge on any atom is -0.384 e. The van der Waals surface area contributed by atoms with Crippen molar-refractivity contribution in [2.24, 2.45) is 0 Å². The molecule has 1 aliphatic rings. The number of anilines is 2. The number of hydrogen-bond donors (Lipinski definition) is 2. The molecular formula is C14H23N5O. The normalized spacial score (nSPS) is 14.8. The molecule has 1 aliphatic heterocycles. The van der Waals surface area contributed by atoms with Gasteiger partial charge in [0.15, 0.2) is 0 Å². The Hall–Kier alpha value is -1.85. The van der Waals surface area contributed by atoms with E-state index in [0.29, 0.717) is 24.6 Å². The van der Waals surface area contributed by atoms with Gasteiger partial charge in [-0.15, -0.1) is 0 Å². The molecule has 0 spiro atoms. The van der Waals surface area contributed by atoms with Crippen molar-refractivity contribution < 1.29 is 4.79 Å². The lowest BCUT2D eigenvalue weighted by molar-refractivity contribution is -0.129. The van der Waals surface area contributed by atoms with Crippen LogP contribution in [0.15, 0.2) is 6.07 Å². The fraction of sp³-hybridized carbons (Fsp3) is 0.643. The van der Waals surface area contributed by atoms with Gasteiger partial charge >= 0.3 is 0 Å². The van der Waals surface area contributed by atoms with E-state index >= 15 is 0 Å². The van der Waals surface area contributed by atoms with E-state index in [0.717, 1.165) is 31.8 Å². The Balaban J connectivity index is 1.85. The van der Waals surface area contributed by atoms with Crippen LogP contribution in [-0.2, 0) is 4.79 Å². The summed E-state index contributed by atoms with van der Waals surface area (Å²) in [5.74, 6) is 2.30. The molecule has 1 fully saturated rings. The number of carbonyl (C=O) groups is 1. The van der Waals surface area contributed by atoms with E-state index in [4.69, 9.17) is 5.73 Å². The number of rotatable bonds is 5. The lowest BCUT2D eigenvalue weighted by atomic mass is 10.2. The average Bonchev–Trinajstić information content (AvgIpc) is 2.91. The number of likely N-dealkylation sites (tertiary alicyclic amines) is 1. The molecule has 1 amide bonds. The molecule has 0 aliphatic carbocycles. The van der Waals surface area contributed by atoms with Gasteiger partial charge in [0.1, 0.15) is 17.5 Å². The first-order chi connectivity index (χ1) is 9.56. The Kier molecular flexibility index (Phi) is 4.76. The zero-order valence-corrected chi connectivity index (χ0v) is 12.2. The molecule has 0 atom stereocenters. The third-order valence-corrected chi connectivity index (χ3v) is 3.38. The van der Waals surface area contributed by atoms with Gasteiger partial charge in [-0.3, -0.25) is 4.79 Å². The van der Waals surface area contributed by atoms with Crippen LogP contribution in [0.3, 0.4) is 0 Å². The molecule has 3 N–H and O–H groups in total. The number of aromatic nitrogens is 2. The molecule has 1 aromatic rings. The van der Waals surface area contributed by atoms with Crippen LogP contribution in [0.25, 0.3) is 0 Å². The number of nitrogens with two attached hydrogens (primary N) is 1. The second-order valence-electron chi connectivity index (χ2n) is 5.46. The van der Waals surface area contributed by atoms with E-state index in [1.165, 1.54) is 0 Å². The predicted octanol–water partition coefficient (Wildman–Crippen LogP) is 1.61. The highest BCUT2D eigenvalue weighted by molar-refractivity contribution is 5.76. The lowest BCUT2D eigenvalue weighted by Crippen LogP contribution is -2.29. The Morgan fingerprint density at radius 2 is 2.10 bits per heavy atom. The third kappa shape index (κ3) is 3.82. The van der Waals surface area contributed by atoms with Crippen LogP contribution in [-0.4, -0.2) is 40.4 Å². The molecule has 0 unspecified atom stereocenters. The largest absolute Gasteiger partial charge is 0.384 e. The summed E-state index contributed by atoms with van der Waals surface area (Å²) in [5, 5.41) is 3.16. The number of amides is 1. The molecule has 1 aromatic heterocycles. The Morgan fingerprint density at radius 3 is 2.75 bits per heavy atom. The van der Waals surface area contributed by atoms with Crippen LogP contribution in [0.2, 0.25) is 0 Å². The first-order valence-corrected chi connectivity index (χ1v) is 7.22. The van der Waals surface area contributed by atoms with Crippen molar-refractivity contribution in [1.29, 1.82) is 0 Å². The summed E-state index contributed by atoms with van der Waals surface area (Å²) in [5.41, 5.74) is 5.76. The van der Waals surface area contributed by atoms with Gasteiger partial charge < -0.3 is 16.0 Å². The Labute approximate surface area is 119 Å². The molecule has 1 saturated heterocycles. The molecule has 0 bridgehead atoms. The van der Waals surface area contributed by atoms with Crippen molar-refractivity contribution in [2.45, 2.75) is 39.0 Å². The van der Waals surface area contributed by atoms with Gasteiger partial charge in [0.05, 0.1) is 0 Å². The zero-order chi connectivity index (χ0) is 14.5. The lowest BCUT2D eigenvalue weighted by Gasteiger charge is -2.15. The fourth-order valence-corrected chi connectivity index (χ4v) is 2.26. The van der Waals surface area contributed by atoms with E-state index in [9.17, 15) is 4.79 Å². The maximum absolute atomic E-state index is 11.9. The minimum absolute atomic E-state index is 0.209. The highest BCUT2D eigenvalue weighted by Gasteiger charge is 2.17. The summed E-state index contributed by atoms with van der Waals surface area (Å²) in [6.07, 6.45) is 2.74. The highest BCUT2D eigenvalue weighted by atomic mass is 16.2. The van der Waals surface area contributed by atoms with Gasteiger partial charge in [0.2, 0.25) is 5.91 Å². The van der Waals surface area contributed by atoms with Crippen molar-refractivity contribution in [3.05, 3.63) is 11.9 Å². The van der Waals surface area contributed by atoms with E-state index in [1.54, 1.807) is 6.07 Å². The summed E-state index contributed by atoms with van der Waals surface area (Å²) in [6, 6.07) is 1.70. The fourth-order valence-electron chi connectivity index (χ4n) is 2.26. The third-order valence-electron chi connectivity index (χ3n) is 3.38. The molecule has 6 heteroatoms. The topological polar surface area (TPSA) is 84.1 Å². The quantitative estimate of drug-likeness (QED) is 0.854. The molecule has 0 saturated carbocycles. The standard InChI is InChI=1S/C14H23N5O/c1-10(2)14-17-11(15)9-12(18-14)16-6-5-13(20)19-7-3-4-8-19/h9-10H,3-8H2,1-2H3,(H3,15,16,17,18). The van der Waals surface area contributed by atoms with Crippen LogP contribution in [0.4, 0.5) is 11.6 Å². The van der Waals surface area contributed by atoms with Gasteiger partial charge in [0, 0.05) is 38.0 Å². The smallest absolute Gasteiger partial charge is 0.224 e. The molecule has 2 rings (SSSR count). The SMILES string of the molecule is CC(C)c1nc(N)cc(NCCC(=O)N2CCCC2)n1. The van der Waals surface area contributed by atoms with Crippen LogP contribution in [0.5, 0.6) is 0 Å². The van der Waals surface area contributed by atoms with E-state index in [-0.39, 0.29) is 11.8 Å². The van der Waals surface area contributed by atoms with Crippen LogP contribution in [0.1, 0.15) is 44.9 Å². The summed E-state index contributed by atoms with van der Waals surface area (Å²) in [7, 11) is 0. The molecule has 6 nitrogen and oxygen atoms in total. The first-order valence-electron chi connectivity index (χ1n) is 7.22. The molecule has 110 valence electrons. The van der Waals surface area contributed by atoms with Gasteiger partial charge in [0.25, 0.3) is 0 Å². The monoisotopic (exact) mass is 277 g/mol. The van der Waals surface area contributed by atoms with Crippen molar-refractivity contribution in [3.8, 4) is 0 Å². The van der Waals surface area contributed by atoms with E-state index in [1.807, 2.05) is 18.7 Å². The van der Waals surface area contributed by atoms with Crippen molar-refractivity contribution in [1.82, 2.24) is 14.9 Å². The maximum Gasteiger partial charge on any atom is 0.224 e. The molecule has 20 heavy (non-hydrogen) atoms. The van der Waals surface area contributed by atoms with E-state index in [2.05, 4.69) is 15.3 Å². The van der Waals surface area contributed by atoms with Gasteiger partial charge in [-0.1, -0.05) is 13.8 Å². The first kappa shape index (κ1) is 14.6. The summed E-state index contributed by atoms with van der Waals surface area (Å²) < 4.78 is 0. The second-order valence-corrected chi connectivity index (χ2v) is 5.46. The number of nitrogens with zero attached hydrogens (tertiary/aromatic N) is 3. The van der Waals surface area contributed by atoms with Crippen molar-refractivity contribution >= 4 is 17.5 Å². The summed E-state index contributed by atoms with van der Waals surface area (Å²) >= 11 is 0. The highest BCUT2D eigenvalue weighted by Crippen LogP contribution is 2.15. The second kappa shape index (κ2) is 6.54. The average molecular weight is 277 g/mol. The Morgan fingerprint density at radius 1 is 1.40 bits per heavy atom. The predicted molar refractivity (Wildman–Crippen MR) is 79.5 cm³/mol. The number of hydrogen-bond acceptors (Lipinski definition) is 5. The molecular weight excluding hydrogens is 254 g/mol. The van der Waals surface area contributed by atoms with Gasteiger partial charge in [-0.2, -0.15) is 0 Å². The molecule has 0 aromatic carbocycles. The molecule has 2 heterocycles. The minimum atomic E-state index is 0.209.